The second-order valence-electron chi connectivity index (χ2n) is 5.10. The fourth-order valence-corrected chi connectivity index (χ4v) is 1.46. The van der Waals surface area contributed by atoms with E-state index >= 15 is 0 Å². The molecule has 1 atom stereocenters. The van der Waals surface area contributed by atoms with E-state index < -0.39 is 23.5 Å². The summed E-state index contributed by atoms with van der Waals surface area (Å²) < 4.78 is 39.5. The Kier molecular flexibility index (Phi) is 4.60. The van der Waals surface area contributed by atoms with Gasteiger partial charge in [0.25, 0.3) is 0 Å². The summed E-state index contributed by atoms with van der Waals surface area (Å²) in [4.78, 5) is 15.4. The molecule has 0 bridgehead atoms. The number of carbonyl (C=O) groups is 1. The van der Waals surface area contributed by atoms with Gasteiger partial charge in [-0.05, 0) is 28.1 Å². The van der Waals surface area contributed by atoms with Crippen LogP contribution in [0.3, 0.4) is 0 Å². The van der Waals surface area contributed by atoms with E-state index in [1.54, 1.807) is 20.8 Å². The number of rotatable bonds is 2. The second-order valence-corrected chi connectivity index (χ2v) is 6.02. The molecule has 1 aromatic rings. The summed E-state index contributed by atoms with van der Waals surface area (Å²) in [6.07, 6.45) is -3.33. The van der Waals surface area contributed by atoms with Crippen molar-refractivity contribution in [2.75, 3.05) is 0 Å². The normalized spacial score (nSPS) is 14.1. The van der Waals surface area contributed by atoms with Crippen molar-refractivity contribution in [1.29, 1.82) is 0 Å². The summed E-state index contributed by atoms with van der Waals surface area (Å²) in [6.45, 7) is 4.64. The van der Waals surface area contributed by atoms with Crippen LogP contribution in [0.15, 0.2) is 22.8 Å². The Morgan fingerprint density at radius 3 is 2.26 bits per heavy atom. The van der Waals surface area contributed by atoms with Crippen LogP contribution < -0.4 is 5.32 Å². The summed E-state index contributed by atoms with van der Waals surface area (Å²) in [6, 6.07) is 0.572. The zero-order valence-electron chi connectivity index (χ0n) is 10.7. The van der Waals surface area contributed by atoms with Crippen LogP contribution in [0.4, 0.5) is 13.2 Å². The molecular formula is C12H14BrF3N2O. The number of alkyl halides is 3. The summed E-state index contributed by atoms with van der Waals surface area (Å²) >= 11 is 3.10. The molecule has 0 unspecified atom stereocenters. The van der Waals surface area contributed by atoms with Gasteiger partial charge in [-0.15, -0.1) is 0 Å². The number of aromatic nitrogens is 1. The molecule has 7 heteroatoms. The van der Waals surface area contributed by atoms with Gasteiger partial charge in [-0.2, -0.15) is 13.2 Å². The van der Waals surface area contributed by atoms with Gasteiger partial charge in [-0.25, -0.2) is 0 Å². The number of hydrogen-bond acceptors (Lipinski definition) is 2. The summed E-state index contributed by atoms with van der Waals surface area (Å²) in [5.74, 6) is -0.681. The minimum atomic E-state index is -4.60. The fourth-order valence-electron chi connectivity index (χ4n) is 1.23. The topological polar surface area (TPSA) is 42.0 Å². The molecule has 0 saturated heterocycles. The van der Waals surface area contributed by atoms with Crippen LogP contribution in [0, 0.1) is 5.41 Å². The molecule has 0 aliphatic rings. The van der Waals surface area contributed by atoms with E-state index in [0.717, 1.165) is 0 Å². The van der Waals surface area contributed by atoms with Crippen molar-refractivity contribution in [2.24, 2.45) is 5.41 Å². The average Bonchev–Trinajstić information content (AvgIpc) is 2.24. The molecule has 0 saturated carbocycles. The lowest BCUT2D eigenvalue weighted by atomic mass is 9.95. The fraction of sp³-hybridized carbons (Fsp3) is 0.500. The maximum atomic E-state index is 13.0. The summed E-state index contributed by atoms with van der Waals surface area (Å²) in [7, 11) is 0. The Hall–Kier alpha value is -1.11. The van der Waals surface area contributed by atoms with Gasteiger partial charge in [-0.3, -0.25) is 9.78 Å². The Morgan fingerprint density at radius 2 is 1.89 bits per heavy atom. The van der Waals surface area contributed by atoms with E-state index in [0.29, 0.717) is 4.47 Å². The number of carbonyl (C=O) groups excluding carboxylic acids is 1. The Morgan fingerprint density at radius 1 is 1.32 bits per heavy atom. The third kappa shape index (κ3) is 4.49. The van der Waals surface area contributed by atoms with Crippen LogP contribution in [0.2, 0.25) is 0 Å². The molecule has 0 aliphatic heterocycles. The number of nitrogens with zero attached hydrogens (tertiary/aromatic N) is 1. The first-order valence-electron chi connectivity index (χ1n) is 5.51. The highest BCUT2D eigenvalue weighted by atomic mass is 79.9. The Balaban J connectivity index is 3.04. The van der Waals surface area contributed by atoms with Gasteiger partial charge in [0.15, 0.2) is 6.04 Å². The van der Waals surface area contributed by atoms with Crippen LogP contribution >= 0.6 is 15.9 Å². The standard InChI is InChI=1S/C12H14BrF3N2O/c1-11(2,3)10(19)18-9(12(14,15)16)8-5-4-7(13)6-17-8/h4-6,9H,1-3H3,(H,18,19)/t9-/m0/s1. The Bertz CT molecular complexity index is 452. The first-order valence-corrected chi connectivity index (χ1v) is 6.30. The van der Waals surface area contributed by atoms with Gasteiger partial charge in [0, 0.05) is 16.1 Å². The maximum Gasteiger partial charge on any atom is 0.414 e. The molecule has 1 amide bonds. The predicted molar refractivity (Wildman–Crippen MR) is 68.3 cm³/mol. The molecule has 106 valence electrons. The van der Waals surface area contributed by atoms with Gasteiger partial charge in [0.05, 0.1) is 5.69 Å². The van der Waals surface area contributed by atoms with E-state index in [4.69, 9.17) is 0 Å². The molecule has 3 nitrogen and oxygen atoms in total. The van der Waals surface area contributed by atoms with Crippen molar-refractivity contribution >= 4 is 21.8 Å². The van der Waals surface area contributed by atoms with E-state index in [1.165, 1.54) is 18.3 Å². The van der Waals surface area contributed by atoms with Gasteiger partial charge in [-0.1, -0.05) is 20.8 Å². The zero-order valence-corrected chi connectivity index (χ0v) is 12.3. The van der Waals surface area contributed by atoms with Crippen molar-refractivity contribution in [2.45, 2.75) is 33.0 Å². The largest absolute Gasteiger partial charge is 0.414 e. The number of amides is 1. The highest BCUT2D eigenvalue weighted by Crippen LogP contribution is 2.33. The third-order valence-electron chi connectivity index (χ3n) is 2.33. The van der Waals surface area contributed by atoms with E-state index in [1.807, 2.05) is 5.32 Å². The summed E-state index contributed by atoms with van der Waals surface area (Å²) in [5, 5.41) is 1.99. The van der Waals surface area contributed by atoms with Crippen LogP contribution in [-0.2, 0) is 4.79 Å². The van der Waals surface area contributed by atoms with E-state index in [-0.39, 0.29) is 5.69 Å². The molecule has 0 aromatic carbocycles. The summed E-state index contributed by atoms with van der Waals surface area (Å²) in [5.41, 5.74) is -1.15. The molecule has 1 heterocycles. The van der Waals surface area contributed by atoms with Crippen LogP contribution in [0.5, 0.6) is 0 Å². The molecule has 0 radical (unpaired) electrons. The molecule has 0 fully saturated rings. The lowest BCUT2D eigenvalue weighted by Crippen LogP contribution is -2.43. The van der Waals surface area contributed by atoms with Crippen molar-refractivity contribution in [1.82, 2.24) is 10.3 Å². The van der Waals surface area contributed by atoms with Crippen LogP contribution in [-0.4, -0.2) is 17.1 Å². The number of nitrogens with one attached hydrogen (secondary N) is 1. The second kappa shape index (κ2) is 5.48. The minimum absolute atomic E-state index is 0.242. The molecule has 1 N–H and O–H groups in total. The zero-order chi connectivity index (χ0) is 14.8. The van der Waals surface area contributed by atoms with Crippen LogP contribution in [0.25, 0.3) is 0 Å². The molecule has 0 aliphatic carbocycles. The number of hydrogen-bond donors (Lipinski definition) is 1. The van der Waals surface area contributed by atoms with Crippen molar-refractivity contribution in [3.8, 4) is 0 Å². The highest BCUT2D eigenvalue weighted by Gasteiger charge is 2.44. The van der Waals surface area contributed by atoms with E-state index in [2.05, 4.69) is 20.9 Å². The smallest absolute Gasteiger partial charge is 0.339 e. The SMILES string of the molecule is CC(C)(C)C(=O)N[C@@H](c1ccc(Br)cn1)C(F)(F)F. The minimum Gasteiger partial charge on any atom is -0.339 e. The van der Waals surface area contributed by atoms with Crippen molar-refractivity contribution in [3.63, 3.8) is 0 Å². The maximum absolute atomic E-state index is 13.0. The molecular weight excluding hydrogens is 325 g/mol. The Labute approximate surface area is 117 Å². The van der Waals surface area contributed by atoms with Gasteiger partial charge in [0.1, 0.15) is 0 Å². The molecule has 1 aromatic heterocycles. The quantitative estimate of drug-likeness (QED) is 0.894. The van der Waals surface area contributed by atoms with Gasteiger partial charge >= 0.3 is 6.18 Å². The molecule has 1 rings (SSSR count). The highest BCUT2D eigenvalue weighted by molar-refractivity contribution is 9.10. The lowest BCUT2D eigenvalue weighted by molar-refractivity contribution is -0.166. The first-order chi connectivity index (χ1) is 8.51. The van der Waals surface area contributed by atoms with Crippen molar-refractivity contribution in [3.05, 3.63) is 28.5 Å². The first kappa shape index (κ1) is 15.9. The van der Waals surface area contributed by atoms with E-state index in [9.17, 15) is 18.0 Å². The van der Waals surface area contributed by atoms with Gasteiger partial charge in [0.2, 0.25) is 5.91 Å². The lowest BCUT2D eigenvalue weighted by Gasteiger charge is -2.25. The predicted octanol–water partition coefficient (Wildman–Crippen LogP) is 3.61. The number of halogens is 4. The van der Waals surface area contributed by atoms with Gasteiger partial charge < -0.3 is 5.32 Å². The van der Waals surface area contributed by atoms with Crippen molar-refractivity contribution < 1.29 is 18.0 Å². The molecule has 19 heavy (non-hydrogen) atoms. The average molecular weight is 339 g/mol. The number of pyridine rings is 1. The third-order valence-corrected chi connectivity index (χ3v) is 2.80. The monoisotopic (exact) mass is 338 g/mol. The van der Waals surface area contributed by atoms with Crippen LogP contribution in [0.1, 0.15) is 32.5 Å². The molecule has 0 spiro atoms.